The Labute approximate surface area is 256 Å². The fourth-order valence-corrected chi connectivity index (χ4v) is 6.19. The number of nitrogens with one attached hydrogen (secondary N) is 2. The van der Waals surface area contributed by atoms with Crippen LogP contribution in [0.5, 0.6) is 0 Å². The fourth-order valence-electron chi connectivity index (χ4n) is 6.19. The van der Waals surface area contributed by atoms with Gasteiger partial charge in [-0.15, -0.1) is 0 Å². The van der Waals surface area contributed by atoms with Crippen LogP contribution in [-0.2, 0) is 17.6 Å². The summed E-state index contributed by atoms with van der Waals surface area (Å²) in [6.07, 6.45) is 0.219. The average molecular weight is 598 g/mol. The van der Waals surface area contributed by atoms with Gasteiger partial charge in [0.05, 0.1) is 24.3 Å². The smallest absolute Gasteiger partial charge is 0.408 e. The SMILES string of the molecule is CC(C)(C)N(C(=O)O)[C@@H](Cc1ccccc1)[C@H](O)CNC[C@@H](O)[C@H](Cc1ccccc1)NC(=O)C1(O)CCCCC1(C)C. The molecule has 5 atom stereocenters. The van der Waals surface area contributed by atoms with E-state index in [1.54, 1.807) is 20.8 Å². The molecule has 0 aliphatic heterocycles. The van der Waals surface area contributed by atoms with Crippen molar-refractivity contribution >= 4 is 12.0 Å². The number of carbonyl (C=O) groups is 2. The van der Waals surface area contributed by atoms with Crippen LogP contribution in [0.1, 0.15) is 71.4 Å². The number of aliphatic hydroxyl groups excluding tert-OH is 2. The number of nitrogens with zero attached hydrogens (tertiary/aromatic N) is 1. The Balaban J connectivity index is 1.74. The molecular weight excluding hydrogens is 546 g/mol. The lowest BCUT2D eigenvalue weighted by Crippen LogP contribution is -2.62. The minimum atomic E-state index is -1.54. The molecule has 9 nitrogen and oxygen atoms in total. The highest BCUT2D eigenvalue weighted by Gasteiger charge is 2.51. The van der Waals surface area contributed by atoms with Gasteiger partial charge in [-0.2, -0.15) is 0 Å². The van der Waals surface area contributed by atoms with Gasteiger partial charge in [0, 0.05) is 24.0 Å². The molecular formula is C34H51N3O6. The van der Waals surface area contributed by atoms with Crippen molar-refractivity contribution in [3.63, 3.8) is 0 Å². The molecule has 0 aromatic heterocycles. The van der Waals surface area contributed by atoms with Crippen LogP contribution in [0.25, 0.3) is 0 Å². The maximum absolute atomic E-state index is 13.5. The second-order valence-corrected chi connectivity index (χ2v) is 13.6. The van der Waals surface area contributed by atoms with Gasteiger partial charge in [-0.1, -0.05) is 80.9 Å². The quantitative estimate of drug-likeness (QED) is 0.207. The highest BCUT2D eigenvalue weighted by Crippen LogP contribution is 2.44. The number of carbonyl (C=O) groups excluding carboxylic acids is 1. The second-order valence-electron chi connectivity index (χ2n) is 13.6. The third-order valence-electron chi connectivity index (χ3n) is 8.86. The first kappa shape index (κ1) is 34.5. The van der Waals surface area contributed by atoms with Gasteiger partial charge in [0.25, 0.3) is 5.91 Å². The highest BCUT2D eigenvalue weighted by molar-refractivity contribution is 5.86. The molecule has 1 aliphatic rings. The molecule has 1 aliphatic carbocycles. The molecule has 0 saturated heterocycles. The summed E-state index contributed by atoms with van der Waals surface area (Å²) in [5, 5.41) is 50.2. The molecule has 0 bridgehead atoms. The molecule has 6 N–H and O–H groups in total. The van der Waals surface area contributed by atoms with Crippen molar-refractivity contribution in [2.45, 2.75) is 109 Å². The molecule has 43 heavy (non-hydrogen) atoms. The van der Waals surface area contributed by atoms with Crippen LogP contribution in [0.3, 0.4) is 0 Å². The third-order valence-corrected chi connectivity index (χ3v) is 8.86. The van der Waals surface area contributed by atoms with Gasteiger partial charge in [-0.05, 0) is 64.0 Å². The summed E-state index contributed by atoms with van der Waals surface area (Å²) in [6.45, 7) is 9.25. The molecule has 0 spiro atoms. The van der Waals surface area contributed by atoms with E-state index in [0.29, 0.717) is 19.3 Å². The zero-order valence-corrected chi connectivity index (χ0v) is 26.3. The monoisotopic (exact) mass is 597 g/mol. The van der Waals surface area contributed by atoms with Crippen LogP contribution in [0.15, 0.2) is 60.7 Å². The first-order valence-corrected chi connectivity index (χ1v) is 15.4. The van der Waals surface area contributed by atoms with E-state index in [-0.39, 0.29) is 13.1 Å². The number of hydrogen-bond acceptors (Lipinski definition) is 6. The molecule has 238 valence electrons. The van der Waals surface area contributed by atoms with Crippen molar-refractivity contribution in [3.05, 3.63) is 71.8 Å². The number of benzene rings is 2. The lowest BCUT2D eigenvalue weighted by Gasteiger charge is -2.45. The minimum Gasteiger partial charge on any atom is -0.465 e. The van der Waals surface area contributed by atoms with Gasteiger partial charge < -0.3 is 31.1 Å². The summed E-state index contributed by atoms with van der Waals surface area (Å²) < 4.78 is 0. The van der Waals surface area contributed by atoms with E-state index in [1.807, 2.05) is 74.5 Å². The summed E-state index contributed by atoms with van der Waals surface area (Å²) in [4.78, 5) is 27.1. The maximum Gasteiger partial charge on any atom is 0.408 e. The summed E-state index contributed by atoms with van der Waals surface area (Å²) in [7, 11) is 0. The molecule has 2 amide bonds. The molecule has 9 heteroatoms. The van der Waals surface area contributed by atoms with Gasteiger partial charge in [0.2, 0.25) is 0 Å². The van der Waals surface area contributed by atoms with Gasteiger partial charge in [-0.3, -0.25) is 9.69 Å². The Morgan fingerprint density at radius 2 is 1.37 bits per heavy atom. The molecule has 3 rings (SSSR count). The van der Waals surface area contributed by atoms with E-state index in [9.17, 15) is 30.0 Å². The van der Waals surface area contributed by atoms with Crippen LogP contribution in [-0.4, -0.2) is 85.8 Å². The maximum atomic E-state index is 13.5. The number of amides is 2. The van der Waals surface area contributed by atoms with E-state index in [1.165, 1.54) is 4.90 Å². The van der Waals surface area contributed by atoms with Crippen molar-refractivity contribution in [3.8, 4) is 0 Å². The van der Waals surface area contributed by atoms with Crippen molar-refractivity contribution < 1.29 is 30.0 Å². The van der Waals surface area contributed by atoms with Crippen LogP contribution in [0.4, 0.5) is 4.79 Å². The van der Waals surface area contributed by atoms with Gasteiger partial charge in [-0.25, -0.2) is 4.79 Å². The summed E-state index contributed by atoms with van der Waals surface area (Å²) in [6, 6.07) is 17.5. The van der Waals surface area contributed by atoms with Crippen LogP contribution in [0, 0.1) is 5.41 Å². The van der Waals surface area contributed by atoms with Gasteiger partial charge in [0.1, 0.15) is 5.60 Å². The van der Waals surface area contributed by atoms with Crippen molar-refractivity contribution in [2.24, 2.45) is 5.41 Å². The first-order chi connectivity index (χ1) is 20.2. The van der Waals surface area contributed by atoms with Crippen molar-refractivity contribution in [2.75, 3.05) is 13.1 Å². The lowest BCUT2D eigenvalue weighted by atomic mass is 9.65. The Kier molecular flexibility index (Phi) is 11.8. The molecule has 1 unspecified atom stereocenters. The number of aliphatic hydroxyl groups is 3. The van der Waals surface area contributed by atoms with E-state index in [2.05, 4.69) is 10.6 Å². The van der Waals surface area contributed by atoms with Crippen LogP contribution >= 0.6 is 0 Å². The second kappa shape index (κ2) is 14.7. The number of rotatable bonds is 13. The topological polar surface area (TPSA) is 142 Å². The molecule has 2 aromatic carbocycles. The third kappa shape index (κ3) is 9.01. The molecule has 1 saturated carbocycles. The average Bonchev–Trinajstić information content (AvgIpc) is 2.94. The Bertz CT molecular complexity index is 1170. The highest BCUT2D eigenvalue weighted by atomic mass is 16.4. The number of carboxylic acid groups (broad SMARTS) is 1. The summed E-state index contributed by atoms with van der Waals surface area (Å²) in [5.41, 5.74) is -1.08. The standard InChI is InChI=1S/C34H51N3O6/c1-32(2,3)37(31(41)42)27(21-25-16-10-7-11-17-25)29(39)23-35-22-28(38)26(20-24-14-8-6-9-15-24)36-30(40)34(43)19-13-12-18-33(34,4)5/h6-11,14-17,26-29,35,38-39,43H,12-13,18-23H2,1-5H3,(H,36,40)(H,41,42)/t26-,27-,28+,29+,34?/m0/s1. The molecule has 2 aromatic rings. The molecule has 1 fully saturated rings. The van der Waals surface area contributed by atoms with E-state index < -0.39 is 52.8 Å². The van der Waals surface area contributed by atoms with Gasteiger partial charge >= 0.3 is 6.09 Å². The predicted molar refractivity (Wildman–Crippen MR) is 168 cm³/mol. The van der Waals surface area contributed by atoms with Crippen LogP contribution in [0.2, 0.25) is 0 Å². The Hall–Kier alpha value is -2.98. The zero-order valence-electron chi connectivity index (χ0n) is 26.3. The van der Waals surface area contributed by atoms with E-state index >= 15 is 0 Å². The lowest BCUT2D eigenvalue weighted by molar-refractivity contribution is -0.161. The van der Waals surface area contributed by atoms with Crippen molar-refractivity contribution in [1.82, 2.24) is 15.5 Å². The molecule has 0 heterocycles. The normalized spacial score (nSPS) is 21.3. The van der Waals surface area contributed by atoms with E-state index in [4.69, 9.17) is 0 Å². The summed E-state index contributed by atoms with van der Waals surface area (Å²) in [5.74, 6) is -0.484. The number of hydrogen-bond donors (Lipinski definition) is 6. The summed E-state index contributed by atoms with van der Waals surface area (Å²) >= 11 is 0. The minimum absolute atomic E-state index is 0.0252. The largest absolute Gasteiger partial charge is 0.465 e. The van der Waals surface area contributed by atoms with Crippen molar-refractivity contribution in [1.29, 1.82) is 0 Å². The Morgan fingerprint density at radius 3 is 1.88 bits per heavy atom. The zero-order chi connectivity index (χ0) is 31.8. The Morgan fingerprint density at radius 1 is 0.860 bits per heavy atom. The van der Waals surface area contributed by atoms with Crippen LogP contribution < -0.4 is 10.6 Å². The molecule has 0 radical (unpaired) electrons. The predicted octanol–water partition coefficient (Wildman–Crippen LogP) is 3.75. The van der Waals surface area contributed by atoms with E-state index in [0.717, 1.165) is 30.4 Å². The first-order valence-electron chi connectivity index (χ1n) is 15.4. The van der Waals surface area contributed by atoms with Gasteiger partial charge in [0.15, 0.2) is 0 Å². The fraction of sp³-hybridized carbons (Fsp3) is 0.588.